The molecular formula is C24H33NO5. The molecule has 6 nitrogen and oxygen atoms in total. The Bertz CT molecular complexity index is 824. The minimum absolute atomic E-state index is 0.0362. The summed E-state index contributed by atoms with van der Waals surface area (Å²) in [6, 6.07) is 6.40. The van der Waals surface area contributed by atoms with Gasteiger partial charge in [-0.1, -0.05) is 19.9 Å². The topological polar surface area (TPSA) is 66.0 Å². The Morgan fingerprint density at radius 2 is 2.00 bits per heavy atom. The van der Waals surface area contributed by atoms with Crippen LogP contribution < -0.4 is 14.8 Å². The number of rotatable bonds is 5. The van der Waals surface area contributed by atoms with Gasteiger partial charge in [0.05, 0.1) is 12.7 Å². The summed E-state index contributed by atoms with van der Waals surface area (Å²) >= 11 is 0. The molecule has 6 heteroatoms. The number of benzene rings is 1. The largest absolute Gasteiger partial charge is 0.486 e. The molecule has 0 unspecified atom stereocenters. The summed E-state index contributed by atoms with van der Waals surface area (Å²) in [5, 5.41) is 3.43. The molecule has 1 spiro atoms. The Balaban J connectivity index is 1.43. The third kappa shape index (κ3) is 3.02. The van der Waals surface area contributed by atoms with E-state index in [0.717, 1.165) is 36.5 Å². The maximum atomic E-state index is 12.7. The predicted octanol–water partition coefficient (Wildman–Crippen LogP) is 3.49. The van der Waals surface area contributed by atoms with Crippen LogP contribution in [0.25, 0.3) is 0 Å². The summed E-state index contributed by atoms with van der Waals surface area (Å²) in [6.45, 7) is 7.03. The van der Waals surface area contributed by atoms with E-state index in [2.05, 4.69) is 31.3 Å². The maximum absolute atomic E-state index is 12.7. The molecule has 1 N–H and O–H groups in total. The van der Waals surface area contributed by atoms with E-state index in [0.29, 0.717) is 38.1 Å². The van der Waals surface area contributed by atoms with E-state index in [1.54, 1.807) is 7.11 Å². The van der Waals surface area contributed by atoms with Crippen molar-refractivity contribution in [3.05, 3.63) is 23.8 Å². The molecule has 1 aromatic rings. The van der Waals surface area contributed by atoms with Gasteiger partial charge in [0, 0.05) is 26.2 Å². The molecule has 2 bridgehead atoms. The van der Waals surface area contributed by atoms with Crippen LogP contribution in [0.1, 0.15) is 51.2 Å². The number of hydrogen-bond donors (Lipinski definition) is 1. The van der Waals surface area contributed by atoms with Crippen LogP contribution in [0, 0.1) is 22.7 Å². The van der Waals surface area contributed by atoms with Crippen molar-refractivity contribution < 1.29 is 23.7 Å². The number of methoxy groups -OCH3 is 1. The van der Waals surface area contributed by atoms with E-state index in [1.807, 2.05) is 6.07 Å². The molecule has 0 radical (unpaired) electrons. The second-order valence-electron chi connectivity index (χ2n) is 9.99. The maximum Gasteiger partial charge on any atom is 0.222 e. The third-order valence-corrected chi connectivity index (χ3v) is 8.24. The van der Waals surface area contributed by atoms with Crippen molar-refractivity contribution in [3.8, 4) is 11.5 Å². The fourth-order valence-electron chi connectivity index (χ4n) is 6.78. The van der Waals surface area contributed by atoms with Gasteiger partial charge >= 0.3 is 0 Å². The second kappa shape index (κ2) is 7.41. The van der Waals surface area contributed by atoms with Crippen molar-refractivity contribution in [2.24, 2.45) is 22.7 Å². The highest BCUT2D eigenvalue weighted by atomic mass is 16.6. The first-order valence-corrected chi connectivity index (χ1v) is 11.2. The summed E-state index contributed by atoms with van der Waals surface area (Å²) in [7, 11) is 1.64. The van der Waals surface area contributed by atoms with Gasteiger partial charge in [0.2, 0.25) is 5.91 Å². The molecule has 2 aliphatic heterocycles. The second-order valence-corrected chi connectivity index (χ2v) is 9.99. The quantitative estimate of drug-likeness (QED) is 0.797. The number of fused-ring (bicyclic) bond motifs is 2. The molecule has 4 aliphatic rings. The average Bonchev–Trinajstić information content (AvgIpc) is 3.24. The van der Waals surface area contributed by atoms with Crippen LogP contribution in [-0.2, 0) is 14.3 Å². The molecule has 3 fully saturated rings. The highest BCUT2D eigenvalue weighted by molar-refractivity contribution is 5.76. The summed E-state index contributed by atoms with van der Waals surface area (Å²) < 4.78 is 23.0. The lowest BCUT2D eigenvalue weighted by Gasteiger charge is -2.53. The van der Waals surface area contributed by atoms with Gasteiger partial charge in [-0.05, 0) is 59.6 Å². The lowest BCUT2D eigenvalue weighted by atomic mass is 9.59. The monoisotopic (exact) mass is 415 g/mol. The highest BCUT2D eigenvalue weighted by Crippen LogP contribution is 2.70. The van der Waals surface area contributed by atoms with E-state index < -0.39 is 0 Å². The summed E-state index contributed by atoms with van der Waals surface area (Å²) in [6.07, 6.45) is 3.78. The zero-order valence-corrected chi connectivity index (χ0v) is 18.2. The van der Waals surface area contributed by atoms with Crippen molar-refractivity contribution in [2.75, 3.05) is 33.5 Å². The number of carbonyl (C=O) groups is 1. The molecule has 1 saturated heterocycles. The van der Waals surface area contributed by atoms with Gasteiger partial charge < -0.3 is 24.3 Å². The van der Waals surface area contributed by atoms with Crippen molar-refractivity contribution in [3.63, 3.8) is 0 Å². The Morgan fingerprint density at radius 3 is 2.80 bits per heavy atom. The van der Waals surface area contributed by atoms with E-state index in [-0.39, 0.29) is 28.9 Å². The minimum Gasteiger partial charge on any atom is -0.486 e. The van der Waals surface area contributed by atoms with Crippen molar-refractivity contribution in [1.29, 1.82) is 0 Å². The van der Waals surface area contributed by atoms with Gasteiger partial charge in [-0.25, -0.2) is 0 Å². The van der Waals surface area contributed by atoms with Crippen LogP contribution in [0.4, 0.5) is 0 Å². The first-order chi connectivity index (χ1) is 14.5. The zero-order chi connectivity index (χ0) is 20.9. The molecular weight excluding hydrogens is 382 g/mol. The molecule has 30 heavy (non-hydrogen) atoms. The lowest BCUT2D eigenvalue weighted by molar-refractivity contribution is -0.137. The first-order valence-electron chi connectivity index (χ1n) is 11.2. The third-order valence-electron chi connectivity index (χ3n) is 8.24. The summed E-state index contributed by atoms with van der Waals surface area (Å²) in [5.41, 5.74) is 1.35. The number of ether oxygens (including phenoxy) is 4. The van der Waals surface area contributed by atoms with Gasteiger partial charge in [-0.15, -0.1) is 0 Å². The van der Waals surface area contributed by atoms with Crippen LogP contribution in [0.2, 0.25) is 0 Å². The predicted molar refractivity (Wildman–Crippen MR) is 112 cm³/mol. The Morgan fingerprint density at radius 1 is 1.20 bits per heavy atom. The molecule has 5 rings (SSSR count). The van der Waals surface area contributed by atoms with Gasteiger partial charge in [0.1, 0.15) is 13.2 Å². The standard InChI is InChI=1S/C24H33NO5/c1-23(2)16-13-17-21(15-4-5-18-19(12-15)29-11-10-28-18)30-9-7-24(17,14-16)22(23)25-20(26)6-8-27-3/h4-5,12,16-17,21-22H,6-11,13-14H2,1-3H3,(H,25,26)/t16-,17-,21-,22+,24-/m1/s1. The number of nitrogens with one attached hydrogen (secondary N) is 1. The number of amides is 1. The average molecular weight is 416 g/mol. The van der Waals surface area contributed by atoms with Gasteiger partial charge in [-0.3, -0.25) is 4.79 Å². The van der Waals surface area contributed by atoms with Gasteiger partial charge in [0.15, 0.2) is 11.5 Å². The molecule has 2 saturated carbocycles. The minimum atomic E-state index is 0.0362. The number of hydrogen-bond acceptors (Lipinski definition) is 5. The lowest BCUT2D eigenvalue weighted by Crippen LogP contribution is -2.59. The fourth-order valence-corrected chi connectivity index (χ4v) is 6.78. The van der Waals surface area contributed by atoms with Crippen LogP contribution in [-0.4, -0.2) is 45.5 Å². The normalized spacial score (nSPS) is 35.7. The smallest absolute Gasteiger partial charge is 0.222 e. The molecule has 2 aliphatic carbocycles. The van der Waals surface area contributed by atoms with Crippen LogP contribution >= 0.6 is 0 Å². The highest BCUT2D eigenvalue weighted by Gasteiger charge is 2.68. The van der Waals surface area contributed by atoms with Crippen molar-refractivity contribution in [1.82, 2.24) is 5.32 Å². The van der Waals surface area contributed by atoms with Crippen LogP contribution in [0.3, 0.4) is 0 Å². The molecule has 164 valence electrons. The number of carbonyl (C=O) groups excluding carboxylic acids is 1. The van der Waals surface area contributed by atoms with Crippen LogP contribution in [0.5, 0.6) is 11.5 Å². The van der Waals surface area contributed by atoms with E-state index in [4.69, 9.17) is 18.9 Å². The van der Waals surface area contributed by atoms with E-state index >= 15 is 0 Å². The molecule has 1 aromatic carbocycles. The fraction of sp³-hybridized carbons (Fsp3) is 0.708. The molecule has 2 heterocycles. The van der Waals surface area contributed by atoms with Crippen molar-refractivity contribution >= 4 is 5.91 Å². The Kier molecular flexibility index (Phi) is 4.98. The zero-order valence-electron chi connectivity index (χ0n) is 18.2. The molecule has 1 amide bonds. The Hall–Kier alpha value is -1.79. The molecule has 5 atom stereocenters. The van der Waals surface area contributed by atoms with Gasteiger partial charge in [-0.2, -0.15) is 0 Å². The van der Waals surface area contributed by atoms with Gasteiger partial charge in [0.25, 0.3) is 0 Å². The first kappa shape index (κ1) is 20.1. The summed E-state index contributed by atoms with van der Waals surface area (Å²) in [4.78, 5) is 12.7. The van der Waals surface area contributed by atoms with Crippen molar-refractivity contribution in [2.45, 2.75) is 51.7 Å². The molecule has 0 aromatic heterocycles. The van der Waals surface area contributed by atoms with E-state index in [1.165, 1.54) is 6.42 Å². The van der Waals surface area contributed by atoms with Crippen LogP contribution in [0.15, 0.2) is 18.2 Å². The van der Waals surface area contributed by atoms with E-state index in [9.17, 15) is 4.79 Å². The summed E-state index contributed by atoms with van der Waals surface area (Å²) in [5.74, 6) is 2.72. The Labute approximate surface area is 178 Å². The SMILES string of the molecule is COCCC(=O)N[C@H]1C(C)(C)[C@@H]2C[C@@H]3[C@@H](c4ccc5c(c4)OCCO5)OCC[C@@]31C2.